The van der Waals surface area contributed by atoms with Crippen LogP contribution in [0.2, 0.25) is 0 Å². The Bertz CT molecular complexity index is 2700. The van der Waals surface area contributed by atoms with Crippen LogP contribution in [0.25, 0.3) is 78.2 Å². The number of para-hydroxylation sites is 1. The van der Waals surface area contributed by atoms with Crippen LogP contribution in [0.1, 0.15) is 11.8 Å². The molecule has 9 aromatic rings. The Kier molecular flexibility index (Phi) is 7.52. The Balaban J connectivity index is 0.991. The first-order valence-electron chi connectivity index (χ1n) is 17.8. The van der Waals surface area contributed by atoms with Crippen molar-refractivity contribution in [2.45, 2.75) is 6.23 Å². The Morgan fingerprint density at radius 3 is 1.49 bits per heavy atom. The predicted octanol–water partition coefficient (Wildman–Crippen LogP) is 10.1. The van der Waals surface area contributed by atoms with Gasteiger partial charge < -0.3 is 4.74 Å². The molecule has 7 aromatic carbocycles. The average Bonchev–Trinajstić information content (AvgIpc) is 3.69. The number of aliphatic hydroxyl groups is 1. The van der Waals surface area contributed by atoms with E-state index in [-0.39, 0.29) is 6.23 Å². The molecule has 0 aliphatic carbocycles. The fraction of sp³-hybridized carbons (Fsp3) is 0.0213. The number of aromatic nitrogens is 4. The van der Waals surface area contributed by atoms with Gasteiger partial charge in [0.15, 0.2) is 17.5 Å². The minimum atomic E-state index is -0.000189. The van der Waals surface area contributed by atoms with Gasteiger partial charge in [0.05, 0.1) is 16.6 Å². The zero-order chi connectivity index (χ0) is 35.1. The first kappa shape index (κ1) is 30.8. The van der Waals surface area contributed by atoms with E-state index in [1.807, 2.05) is 66.7 Å². The number of hydrogen-bond acceptors (Lipinski definition) is 4. The first-order chi connectivity index (χ1) is 26.2. The minimum absolute atomic E-state index is 0.000189. The van der Waals surface area contributed by atoms with E-state index in [2.05, 4.69) is 115 Å². The summed E-state index contributed by atoms with van der Waals surface area (Å²) in [6.07, 6.45) is -0.000189. The summed E-state index contributed by atoms with van der Waals surface area (Å²) >= 11 is 0. The number of ether oxygens (including phenoxy) is 1. The molecule has 3 N–H and O–H groups in total. The molecule has 0 saturated carbocycles. The number of hydrogen-bond donors (Lipinski definition) is 1. The van der Waals surface area contributed by atoms with Crippen molar-refractivity contribution in [3.05, 3.63) is 181 Å². The molecule has 1 aliphatic rings. The van der Waals surface area contributed by atoms with Crippen molar-refractivity contribution >= 4 is 27.4 Å². The van der Waals surface area contributed by atoms with Crippen molar-refractivity contribution in [3.63, 3.8) is 0 Å². The number of benzene rings is 7. The Morgan fingerprint density at radius 1 is 0.396 bits per heavy atom. The van der Waals surface area contributed by atoms with Gasteiger partial charge in [-0.15, -0.1) is 0 Å². The maximum absolute atomic E-state index is 5.22. The molecule has 1 aliphatic heterocycles. The molecular weight excluding hydrogens is 651 g/mol. The monoisotopic (exact) mass is 683 g/mol. The smallest absolute Gasteiger partial charge is 0.344 e. The Labute approximate surface area is 306 Å². The van der Waals surface area contributed by atoms with Crippen LogP contribution in [-0.2, 0) is 0 Å². The molecule has 6 nitrogen and oxygen atoms in total. The maximum Gasteiger partial charge on any atom is 0.344 e. The van der Waals surface area contributed by atoms with Gasteiger partial charge in [0.2, 0.25) is 5.69 Å². The molecule has 10 rings (SSSR count). The van der Waals surface area contributed by atoms with Gasteiger partial charge in [-0.05, 0) is 35.4 Å². The van der Waals surface area contributed by atoms with Crippen molar-refractivity contribution in [3.8, 4) is 62.3 Å². The van der Waals surface area contributed by atoms with Gasteiger partial charge in [0.25, 0.3) is 0 Å². The van der Waals surface area contributed by atoms with Crippen LogP contribution < -0.4 is 5.32 Å². The molecule has 250 valence electrons. The van der Waals surface area contributed by atoms with E-state index in [0.29, 0.717) is 17.5 Å². The van der Waals surface area contributed by atoms with E-state index < -0.39 is 0 Å². The fourth-order valence-corrected chi connectivity index (χ4v) is 7.30. The summed E-state index contributed by atoms with van der Waals surface area (Å²) in [6, 6.07) is 60.5. The van der Waals surface area contributed by atoms with Gasteiger partial charge in [-0.1, -0.05) is 146 Å². The maximum atomic E-state index is 5.22. The van der Waals surface area contributed by atoms with Crippen molar-refractivity contribution in [1.82, 2.24) is 19.9 Å². The molecule has 0 radical (unpaired) electrons. The SMILES string of the molecule is c1ccc(-c2nc(-c3ccccc3)nc(-c3ccc(-c4ccc(-c5nc6ccccc6c6c7c(ccc56)[OH+]C(c5ccccc5)[NH2+]7)cc4)cc3)n2)cc1. The lowest BCUT2D eigenvalue weighted by Gasteiger charge is -2.11. The zero-order valence-corrected chi connectivity index (χ0v) is 28.6. The van der Waals surface area contributed by atoms with E-state index in [0.717, 1.165) is 61.1 Å². The second-order valence-electron chi connectivity index (χ2n) is 13.2. The summed E-state index contributed by atoms with van der Waals surface area (Å²) < 4.78 is 5.10. The van der Waals surface area contributed by atoms with Crippen LogP contribution in [0.4, 0.5) is 5.69 Å². The molecule has 1 atom stereocenters. The second kappa shape index (κ2) is 12.9. The highest BCUT2D eigenvalue weighted by atomic mass is 16.5. The number of nitrogens with two attached hydrogens (primary N) is 1. The van der Waals surface area contributed by atoms with Crippen LogP contribution in [0.3, 0.4) is 0 Å². The van der Waals surface area contributed by atoms with Gasteiger partial charge in [0, 0.05) is 39.1 Å². The lowest BCUT2D eigenvalue weighted by atomic mass is 9.96. The standard InChI is InChI=1S/C47H31N5O/c1-4-12-33(13-5-1)44-50-45(34-14-6-2-7-15-34)52-46(51-44)35-26-22-31(23-27-35)30-20-24-32(25-21-30)42-38-28-29-40-43(41(38)37-18-10-11-19-39(37)48-42)49-47(53-40)36-16-8-3-9-17-36/h1-29,47,49H/p+2. The molecule has 0 spiro atoms. The van der Waals surface area contributed by atoms with Crippen LogP contribution in [0.15, 0.2) is 176 Å². The molecule has 0 saturated heterocycles. The highest BCUT2D eigenvalue weighted by Gasteiger charge is 2.36. The van der Waals surface area contributed by atoms with Crippen LogP contribution in [-0.4, -0.2) is 24.7 Å². The summed E-state index contributed by atoms with van der Waals surface area (Å²) in [5.74, 6) is 2.96. The molecule has 53 heavy (non-hydrogen) atoms. The third-order valence-electron chi connectivity index (χ3n) is 9.96. The Morgan fingerprint density at radius 2 is 0.887 bits per heavy atom. The van der Waals surface area contributed by atoms with Crippen LogP contribution in [0.5, 0.6) is 5.75 Å². The molecular formula is C47H33N5O+2. The summed E-state index contributed by atoms with van der Waals surface area (Å²) in [6.45, 7) is 0. The van der Waals surface area contributed by atoms with E-state index in [4.69, 9.17) is 24.7 Å². The van der Waals surface area contributed by atoms with E-state index >= 15 is 0 Å². The summed E-state index contributed by atoms with van der Waals surface area (Å²) in [7, 11) is 0. The molecule has 6 heteroatoms. The average molecular weight is 684 g/mol. The van der Waals surface area contributed by atoms with Crippen molar-refractivity contribution in [2.75, 3.05) is 0 Å². The van der Waals surface area contributed by atoms with Crippen LogP contribution >= 0.6 is 0 Å². The van der Waals surface area contributed by atoms with Gasteiger partial charge >= 0.3 is 12.0 Å². The van der Waals surface area contributed by atoms with E-state index in [1.54, 1.807) is 0 Å². The third-order valence-corrected chi connectivity index (χ3v) is 9.96. The number of quaternary nitrogens is 1. The van der Waals surface area contributed by atoms with E-state index in [9.17, 15) is 0 Å². The van der Waals surface area contributed by atoms with Gasteiger partial charge in [-0.2, -0.15) is 0 Å². The van der Waals surface area contributed by atoms with Crippen LogP contribution in [0, 0.1) is 0 Å². The highest BCUT2D eigenvalue weighted by molar-refractivity contribution is 6.16. The molecule has 0 bridgehead atoms. The number of aromatic hydroxyl groups is 1. The largest absolute Gasteiger partial charge is 0.532 e. The summed E-state index contributed by atoms with van der Waals surface area (Å²) in [4.78, 5) is 19.8. The molecule has 3 heterocycles. The minimum Gasteiger partial charge on any atom is -0.532 e. The van der Waals surface area contributed by atoms with Crippen molar-refractivity contribution in [1.29, 1.82) is 0 Å². The van der Waals surface area contributed by atoms with Gasteiger partial charge in [-0.25, -0.2) is 25.3 Å². The Hall–Kier alpha value is -7.02. The number of fused-ring (bicyclic) bond motifs is 5. The van der Waals surface area contributed by atoms with Gasteiger partial charge in [-0.3, -0.25) is 0 Å². The van der Waals surface area contributed by atoms with Crippen molar-refractivity contribution < 1.29 is 10.1 Å². The normalized spacial score (nSPS) is 13.5. The van der Waals surface area contributed by atoms with Gasteiger partial charge in [0.1, 0.15) is 5.56 Å². The number of nitrogens with zero attached hydrogens (tertiary/aromatic N) is 4. The fourth-order valence-electron chi connectivity index (χ4n) is 7.30. The molecule has 0 fully saturated rings. The molecule has 1 unspecified atom stereocenters. The topological polar surface area (TPSA) is 81.0 Å². The predicted molar refractivity (Wildman–Crippen MR) is 212 cm³/mol. The highest BCUT2D eigenvalue weighted by Crippen LogP contribution is 2.43. The molecule has 0 amide bonds. The second-order valence-corrected chi connectivity index (χ2v) is 13.2. The third kappa shape index (κ3) is 5.68. The quantitative estimate of drug-likeness (QED) is 0.0819. The lowest BCUT2D eigenvalue weighted by Crippen LogP contribution is -2.77. The zero-order valence-electron chi connectivity index (χ0n) is 28.6. The van der Waals surface area contributed by atoms with Crippen molar-refractivity contribution in [2.24, 2.45) is 0 Å². The van der Waals surface area contributed by atoms with E-state index in [1.165, 1.54) is 16.6 Å². The number of rotatable bonds is 6. The molecule has 2 aromatic heterocycles. The summed E-state index contributed by atoms with van der Waals surface area (Å²) in [5.41, 5.74) is 10.5. The first-order valence-corrected chi connectivity index (χ1v) is 17.8. The number of pyridine rings is 1. The summed E-state index contributed by atoms with van der Waals surface area (Å²) in [5, 5.41) is 5.78. The lowest BCUT2D eigenvalue weighted by molar-refractivity contribution is -0.656.